The van der Waals surface area contributed by atoms with Gasteiger partial charge in [0.15, 0.2) is 0 Å². The Morgan fingerprint density at radius 1 is 1.28 bits per heavy atom. The Morgan fingerprint density at radius 2 is 2.00 bits per heavy atom. The molecule has 0 aliphatic carbocycles. The minimum Gasteiger partial charge on any atom is -0.497 e. The Balaban J connectivity index is 1.81. The van der Waals surface area contributed by atoms with Crippen molar-refractivity contribution in [2.45, 2.75) is 25.8 Å². The molecule has 0 unspecified atom stereocenters. The van der Waals surface area contributed by atoms with E-state index in [0.717, 1.165) is 30.8 Å². The van der Waals surface area contributed by atoms with E-state index in [1.54, 1.807) is 13.2 Å². The van der Waals surface area contributed by atoms with Gasteiger partial charge in [0, 0.05) is 11.8 Å². The first-order valence-corrected chi connectivity index (χ1v) is 8.25. The molecule has 25 heavy (non-hydrogen) atoms. The third kappa shape index (κ3) is 4.24. The zero-order chi connectivity index (χ0) is 17.8. The van der Waals surface area contributed by atoms with Crippen molar-refractivity contribution in [1.29, 1.82) is 0 Å². The maximum atomic E-state index is 11.3. The molecule has 2 N–H and O–H groups in total. The topological polar surface area (TPSA) is 90.6 Å². The largest absolute Gasteiger partial charge is 0.497 e. The van der Waals surface area contributed by atoms with Gasteiger partial charge in [0.05, 0.1) is 19.7 Å². The number of primary amides is 1. The van der Waals surface area contributed by atoms with Crippen LogP contribution < -0.4 is 15.2 Å². The van der Waals surface area contributed by atoms with Crippen molar-refractivity contribution >= 4 is 5.91 Å². The van der Waals surface area contributed by atoms with E-state index in [-0.39, 0.29) is 18.5 Å². The highest BCUT2D eigenvalue weighted by atomic mass is 16.5. The lowest BCUT2D eigenvalue weighted by molar-refractivity contribution is -0.119. The molecule has 1 saturated heterocycles. The minimum absolute atomic E-state index is 0.00869. The standard InChI is InChI=1S/C18H22N4O3/c1-12-10-17(25-14-7-5-13(24-2)6-8-14)21-18(20-12)15-4-3-9-22(15)11-16(19)23/h5-8,10,15H,3-4,9,11H2,1-2H3,(H2,19,23)/t15-/m0/s1. The molecule has 1 aliphatic heterocycles. The lowest BCUT2D eigenvalue weighted by atomic mass is 10.2. The molecule has 2 aromatic rings. The first kappa shape index (κ1) is 17.2. The van der Waals surface area contributed by atoms with Crippen LogP contribution in [0.4, 0.5) is 0 Å². The van der Waals surface area contributed by atoms with Gasteiger partial charge in [0.2, 0.25) is 11.8 Å². The number of ether oxygens (including phenoxy) is 2. The maximum Gasteiger partial charge on any atom is 0.231 e. The summed E-state index contributed by atoms with van der Waals surface area (Å²) in [7, 11) is 1.62. The van der Waals surface area contributed by atoms with Crippen LogP contribution >= 0.6 is 0 Å². The van der Waals surface area contributed by atoms with E-state index < -0.39 is 0 Å². The van der Waals surface area contributed by atoms with Gasteiger partial charge in [-0.1, -0.05) is 0 Å². The van der Waals surface area contributed by atoms with Crippen LogP contribution in [0, 0.1) is 6.92 Å². The van der Waals surface area contributed by atoms with Gasteiger partial charge in [-0.3, -0.25) is 9.69 Å². The number of aromatic nitrogens is 2. The van der Waals surface area contributed by atoms with Crippen LogP contribution in [0.1, 0.15) is 30.4 Å². The second-order valence-electron chi connectivity index (χ2n) is 6.08. The summed E-state index contributed by atoms with van der Waals surface area (Å²) in [6, 6.07) is 9.09. The number of carbonyl (C=O) groups excluding carboxylic acids is 1. The molecule has 0 saturated carbocycles. The van der Waals surface area contributed by atoms with Gasteiger partial charge < -0.3 is 15.2 Å². The van der Waals surface area contributed by atoms with E-state index in [0.29, 0.717) is 17.5 Å². The molecule has 1 aromatic heterocycles. The molecule has 7 nitrogen and oxygen atoms in total. The molecule has 0 spiro atoms. The quantitative estimate of drug-likeness (QED) is 0.865. The van der Waals surface area contributed by atoms with Gasteiger partial charge in [-0.15, -0.1) is 0 Å². The molecule has 132 valence electrons. The van der Waals surface area contributed by atoms with Crippen LogP contribution in [0.25, 0.3) is 0 Å². The minimum atomic E-state index is -0.339. The molecule has 3 rings (SSSR count). The second-order valence-corrected chi connectivity index (χ2v) is 6.08. The van der Waals surface area contributed by atoms with E-state index in [1.807, 2.05) is 36.1 Å². The van der Waals surface area contributed by atoms with Crippen molar-refractivity contribution in [2.75, 3.05) is 20.2 Å². The molecule has 1 atom stereocenters. The SMILES string of the molecule is COc1ccc(Oc2cc(C)nc([C@@H]3CCCN3CC(N)=O)n2)cc1. The van der Waals surface area contributed by atoms with Crippen molar-refractivity contribution in [3.05, 3.63) is 41.9 Å². The fraction of sp³-hybridized carbons (Fsp3) is 0.389. The number of methoxy groups -OCH3 is 1. The molecular formula is C18H22N4O3. The average molecular weight is 342 g/mol. The van der Waals surface area contributed by atoms with Gasteiger partial charge >= 0.3 is 0 Å². The van der Waals surface area contributed by atoms with E-state index in [1.165, 1.54) is 0 Å². The van der Waals surface area contributed by atoms with Gasteiger partial charge in [-0.05, 0) is 50.6 Å². The Bertz CT molecular complexity index is 748. The zero-order valence-electron chi connectivity index (χ0n) is 14.4. The lowest BCUT2D eigenvalue weighted by Gasteiger charge is -2.22. The summed E-state index contributed by atoms with van der Waals surface area (Å²) in [5.74, 6) is 2.25. The van der Waals surface area contributed by atoms with Gasteiger partial charge in [0.1, 0.15) is 17.3 Å². The predicted molar refractivity (Wildman–Crippen MR) is 92.6 cm³/mol. The van der Waals surface area contributed by atoms with Crippen LogP contribution in [-0.4, -0.2) is 41.0 Å². The van der Waals surface area contributed by atoms with Crippen LogP contribution in [0.15, 0.2) is 30.3 Å². The Labute approximate surface area is 146 Å². The number of benzene rings is 1. The number of rotatable bonds is 6. The van der Waals surface area contributed by atoms with Crippen molar-refractivity contribution < 1.29 is 14.3 Å². The lowest BCUT2D eigenvalue weighted by Crippen LogP contribution is -2.34. The summed E-state index contributed by atoms with van der Waals surface area (Å²) in [6.45, 7) is 2.94. The number of aryl methyl sites for hydroxylation is 1. The summed E-state index contributed by atoms with van der Waals surface area (Å²) in [6.07, 6.45) is 1.89. The molecule has 0 bridgehead atoms. The molecule has 1 aliphatic rings. The van der Waals surface area contributed by atoms with Crippen molar-refractivity contribution in [2.24, 2.45) is 5.73 Å². The number of carbonyl (C=O) groups is 1. The van der Waals surface area contributed by atoms with Gasteiger partial charge in [0.25, 0.3) is 0 Å². The smallest absolute Gasteiger partial charge is 0.231 e. The first-order chi connectivity index (χ1) is 12.0. The molecule has 7 heteroatoms. The molecule has 0 radical (unpaired) electrons. The monoisotopic (exact) mass is 342 g/mol. The molecule has 1 fully saturated rings. The summed E-state index contributed by atoms with van der Waals surface area (Å²) < 4.78 is 11.0. The Hall–Kier alpha value is -2.67. The molecule has 2 heterocycles. The van der Waals surface area contributed by atoms with Gasteiger partial charge in [-0.2, -0.15) is 4.98 Å². The van der Waals surface area contributed by atoms with Crippen LogP contribution in [0.3, 0.4) is 0 Å². The number of hydrogen-bond acceptors (Lipinski definition) is 6. The molecular weight excluding hydrogens is 320 g/mol. The zero-order valence-corrected chi connectivity index (χ0v) is 14.4. The van der Waals surface area contributed by atoms with Crippen LogP contribution in [0.5, 0.6) is 17.4 Å². The summed E-state index contributed by atoms with van der Waals surface area (Å²) in [5, 5.41) is 0. The second kappa shape index (κ2) is 7.48. The highest BCUT2D eigenvalue weighted by Gasteiger charge is 2.29. The number of nitrogens with zero attached hydrogens (tertiary/aromatic N) is 3. The van der Waals surface area contributed by atoms with Crippen molar-refractivity contribution in [3.8, 4) is 17.4 Å². The third-order valence-electron chi connectivity index (χ3n) is 4.15. The fourth-order valence-corrected chi connectivity index (χ4v) is 3.04. The van der Waals surface area contributed by atoms with E-state index in [2.05, 4.69) is 9.97 Å². The average Bonchev–Trinajstić information content (AvgIpc) is 3.02. The predicted octanol–water partition coefficient (Wildman–Crippen LogP) is 2.21. The van der Waals surface area contributed by atoms with E-state index in [9.17, 15) is 4.79 Å². The number of hydrogen-bond donors (Lipinski definition) is 1. The highest BCUT2D eigenvalue weighted by Crippen LogP contribution is 2.31. The third-order valence-corrected chi connectivity index (χ3v) is 4.15. The summed E-state index contributed by atoms with van der Waals surface area (Å²) in [4.78, 5) is 22.4. The highest BCUT2D eigenvalue weighted by molar-refractivity contribution is 5.76. The summed E-state index contributed by atoms with van der Waals surface area (Å²) >= 11 is 0. The molecule has 1 aromatic carbocycles. The van der Waals surface area contributed by atoms with Crippen molar-refractivity contribution in [1.82, 2.24) is 14.9 Å². The number of nitrogens with two attached hydrogens (primary N) is 1. The maximum absolute atomic E-state index is 11.3. The Morgan fingerprint density at radius 3 is 2.68 bits per heavy atom. The number of likely N-dealkylation sites (tertiary alicyclic amines) is 1. The number of amides is 1. The summed E-state index contributed by atoms with van der Waals surface area (Å²) in [5.41, 5.74) is 6.16. The fourth-order valence-electron chi connectivity index (χ4n) is 3.04. The first-order valence-electron chi connectivity index (χ1n) is 8.25. The van der Waals surface area contributed by atoms with Crippen LogP contribution in [0.2, 0.25) is 0 Å². The van der Waals surface area contributed by atoms with Crippen molar-refractivity contribution in [3.63, 3.8) is 0 Å². The van der Waals surface area contributed by atoms with Crippen LogP contribution in [-0.2, 0) is 4.79 Å². The molecule has 1 amide bonds. The normalized spacial score (nSPS) is 17.4. The van der Waals surface area contributed by atoms with E-state index in [4.69, 9.17) is 15.2 Å². The van der Waals surface area contributed by atoms with E-state index >= 15 is 0 Å². The van der Waals surface area contributed by atoms with Gasteiger partial charge in [-0.25, -0.2) is 4.98 Å². The Kier molecular flexibility index (Phi) is 5.14.